The Labute approximate surface area is 114 Å². The zero-order valence-electron chi connectivity index (χ0n) is 8.12. The summed E-state index contributed by atoms with van der Waals surface area (Å²) in [5.41, 5.74) is 0. The number of aliphatic hydroxyl groups excluding tert-OH is 1. The molecular formula is C10H17I2OS+. The molecule has 1 N–H and O–H groups in total. The van der Waals surface area contributed by atoms with Crippen molar-refractivity contribution in [1.29, 1.82) is 0 Å². The van der Waals surface area contributed by atoms with Gasteiger partial charge in [0.25, 0.3) is 0 Å². The van der Waals surface area contributed by atoms with Crippen LogP contribution in [0.25, 0.3) is 0 Å². The molecule has 82 valence electrons. The van der Waals surface area contributed by atoms with E-state index in [1.165, 1.54) is 38.5 Å². The van der Waals surface area contributed by atoms with E-state index in [1.807, 2.05) is 0 Å². The lowest BCUT2D eigenvalue weighted by Crippen LogP contribution is -3.37. The van der Waals surface area contributed by atoms with Crippen molar-refractivity contribution in [2.75, 3.05) is 0 Å². The van der Waals surface area contributed by atoms with Gasteiger partial charge >= 0.3 is 22.6 Å². The summed E-state index contributed by atoms with van der Waals surface area (Å²) in [4.78, 5) is 0. The normalized spacial score (nSPS) is 39.9. The highest BCUT2D eigenvalue weighted by molar-refractivity contribution is 14.2. The van der Waals surface area contributed by atoms with Gasteiger partial charge in [-0.25, -0.2) is 0 Å². The second-order valence-corrected chi connectivity index (χ2v) is 13.2. The monoisotopic (exact) mass is 439 g/mol. The Balaban J connectivity index is 2.07. The summed E-state index contributed by atoms with van der Waals surface area (Å²) in [6.45, 7) is 0. The van der Waals surface area contributed by atoms with Gasteiger partial charge in [-0.1, -0.05) is 37.4 Å². The molecule has 0 saturated heterocycles. The van der Waals surface area contributed by atoms with Crippen molar-refractivity contribution in [2.45, 2.75) is 47.9 Å². The van der Waals surface area contributed by atoms with Crippen molar-refractivity contribution in [3.05, 3.63) is 0 Å². The minimum Gasteiger partial charge on any atom is -0.383 e. The third kappa shape index (κ3) is 3.07. The Morgan fingerprint density at radius 1 is 1.21 bits per heavy atom. The van der Waals surface area contributed by atoms with Crippen LogP contribution in [0, 0.1) is 5.92 Å². The van der Waals surface area contributed by atoms with Gasteiger partial charge in [0.2, 0.25) is 0.848 Å². The molecule has 0 aromatic heterocycles. The van der Waals surface area contributed by atoms with E-state index < -0.39 is 0 Å². The first kappa shape index (κ1) is 12.1. The fourth-order valence-electron chi connectivity index (χ4n) is 2.26. The third-order valence-electron chi connectivity index (χ3n) is 3.05. The fraction of sp³-hybridized carbons (Fsp3) is 0.900. The lowest BCUT2D eigenvalue weighted by molar-refractivity contribution is -0.199. The van der Waals surface area contributed by atoms with E-state index in [0.717, 1.165) is 5.25 Å². The van der Waals surface area contributed by atoms with Crippen LogP contribution in [0.5, 0.6) is 0 Å². The van der Waals surface area contributed by atoms with Gasteiger partial charge in [0.1, 0.15) is 4.11 Å². The van der Waals surface area contributed by atoms with Gasteiger partial charge in [-0.2, -0.15) is 0 Å². The molecule has 0 aromatic carbocycles. The smallest absolute Gasteiger partial charge is 0.310 e. The number of hydrogen-bond donors (Lipinski definition) is 1. The molecule has 1 fully saturated rings. The second kappa shape index (κ2) is 5.82. The summed E-state index contributed by atoms with van der Waals surface area (Å²) in [7, 11) is 0. The lowest BCUT2D eigenvalue weighted by atomic mass is 9.91. The standard InChI is InChI=1S/C10H17I2OS/c11-10-12-9(13)7-5-3-1-2-4-6-8(7)14-10/h7-9,11,13H,1-6H2/q+1. The number of alkyl halides is 1. The summed E-state index contributed by atoms with van der Waals surface area (Å²) in [5.74, 6) is 0.638. The van der Waals surface area contributed by atoms with Gasteiger partial charge in [0.15, 0.2) is 0 Å². The van der Waals surface area contributed by atoms with Gasteiger partial charge in [-0.15, -0.1) is 0 Å². The van der Waals surface area contributed by atoms with Gasteiger partial charge in [-0.3, -0.25) is 0 Å². The molecule has 4 heteroatoms. The first-order valence-electron chi connectivity index (χ1n) is 5.29. The molecule has 2 aliphatic rings. The quantitative estimate of drug-likeness (QED) is 0.415. The summed E-state index contributed by atoms with van der Waals surface area (Å²) in [5, 5.41) is 10.9. The van der Waals surface area contributed by atoms with E-state index in [1.54, 1.807) is 0.848 Å². The van der Waals surface area contributed by atoms with Crippen LogP contribution in [0.15, 0.2) is 0 Å². The van der Waals surface area contributed by atoms with Gasteiger partial charge in [-0.05, 0) is 33.6 Å². The van der Waals surface area contributed by atoms with Crippen molar-refractivity contribution in [2.24, 2.45) is 5.92 Å². The minimum atomic E-state index is -0.0384. The van der Waals surface area contributed by atoms with Crippen molar-refractivity contribution < 1.29 is 27.7 Å². The second-order valence-electron chi connectivity index (χ2n) is 4.03. The molecule has 2 rings (SSSR count). The van der Waals surface area contributed by atoms with Crippen LogP contribution < -0.4 is 22.6 Å². The molecule has 14 heavy (non-hydrogen) atoms. The van der Waals surface area contributed by atoms with Crippen LogP contribution >= 0.6 is 32.5 Å². The summed E-state index contributed by atoms with van der Waals surface area (Å²) in [6, 6.07) is 0. The fourth-order valence-corrected chi connectivity index (χ4v) is 10.3. The molecule has 0 amide bonds. The molecule has 0 bridgehead atoms. The highest BCUT2D eigenvalue weighted by atomic mass is 127. The molecule has 1 saturated carbocycles. The highest BCUT2D eigenvalue weighted by Crippen LogP contribution is 2.41. The van der Waals surface area contributed by atoms with Gasteiger partial charge in [0.05, 0.1) is 0 Å². The molecule has 3 unspecified atom stereocenters. The summed E-state index contributed by atoms with van der Waals surface area (Å²) in [6.07, 6.45) is 8.16. The molecule has 1 aliphatic carbocycles. The van der Waals surface area contributed by atoms with Crippen LogP contribution in [0.2, 0.25) is 0 Å². The minimum absolute atomic E-state index is 0.0384. The van der Waals surface area contributed by atoms with E-state index in [0.29, 0.717) is 5.92 Å². The van der Waals surface area contributed by atoms with Crippen molar-refractivity contribution in [3.8, 4) is 0 Å². The first-order valence-corrected chi connectivity index (χ1v) is 9.66. The van der Waals surface area contributed by atoms with E-state index in [9.17, 15) is 5.11 Å². The maximum absolute atomic E-state index is 10.1. The molecule has 3 atom stereocenters. The number of rotatable bonds is 0. The van der Waals surface area contributed by atoms with E-state index >= 15 is 0 Å². The molecule has 1 nitrogen and oxygen atoms in total. The third-order valence-corrected chi connectivity index (χ3v) is 10.1. The maximum Gasteiger partial charge on any atom is 0.310 e. The number of halogens is 2. The Morgan fingerprint density at radius 2 is 1.93 bits per heavy atom. The largest absolute Gasteiger partial charge is 0.383 e. The predicted octanol–water partition coefficient (Wildman–Crippen LogP) is -0.266. The highest BCUT2D eigenvalue weighted by Gasteiger charge is 2.35. The molecule has 0 aromatic rings. The van der Waals surface area contributed by atoms with Crippen molar-refractivity contribution >= 4 is 33.3 Å². The van der Waals surface area contributed by atoms with Crippen LogP contribution in [0.1, 0.15) is 38.5 Å². The lowest BCUT2D eigenvalue weighted by Gasteiger charge is -2.32. The Bertz CT molecular complexity index is 232. The Hall–Kier alpha value is 1.64. The zero-order chi connectivity index (χ0) is 9.97. The first-order chi connectivity index (χ1) is 6.77. The number of hydrogen-bond acceptors (Lipinski definition) is 2. The number of fused-ring (bicyclic) bond motifs is 1. The van der Waals surface area contributed by atoms with Crippen LogP contribution in [0.4, 0.5) is 0 Å². The predicted molar refractivity (Wildman–Crippen MR) is 69.0 cm³/mol. The molecule has 1 heterocycles. The average Bonchev–Trinajstić information content (AvgIpc) is 2.07. The molecule has 0 spiro atoms. The average molecular weight is 439 g/mol. The Morgan fingerprint density at radius 3 is 2.71 bits per heavy atom. The number of aliphatic hydroxyl groups is 1. The van der Waals surface area contributed by atoms with Crippen LogP contribution in [0.3, 0.4) is 0 Å². The molecule has 1 aliphatic heterocycles. The summed E-state index contributed by atoms with van der Waals surface area (Å²) >= 11 is 4.23. The molecule has 0 radical (unpaired) electrons. The van der Waals surface area contributed by atoms with Crippen molar-refractivity contribution in [1.82, 2.24) is 0 Å². The number of thioether (sulfide) groups is 1. The van der Waals surface area contributed by atoms with Gasteiger partial charge in [0, 0.05) is 11.2 Å². The SMILES string of the molecule is OC1I=C([IH+])SC2CCCCCCC21. The van der Waals surface area contributed by atoms with Gasteiger partial charge < -0.3 is 5.11 Å². The summed E-state index contributed by atoms with van der Waals surface area (Å²) < 4.78 is 1.63. The zero-order valence-corrected chi connectivity index (χ0v) is 13.4. The Kier molecular flexibility index (Phi) is 5.03. The van der Waals surface area contributed by atoms with Crippen LogP contribution in [-0.4, -0.2) is 15.3 Å². The molecular weight excluding hydrogens is 422 g/mol. The van der Waals surface area contributed by atoms with Crippen LogP contribution in [-0.2, 0) is 0 Å². The van der Waals surface area contributed by atoms with Crippen molar-refractivity contribution in [3.63, 3.8) is 0 Å². The van der Waals surface area contributed by atoms with E-state index in [-0.39, 0.29) is 24.8 Å². The van der Waals surface area contributed by atoms with E-state index in [2.05, 4.69) is 34.4 Å². The van der Waals surface area contributed by atoms with E-state index in [4.69, 9.17) is 0 Å². The maximum atomic E-state index is 10.1. The topological polar surface area (TPSA) is 20.2 Å².